The molecule has 0 N–H and O–H groups in total. The van der Waals surface area contributed by atoms with Crippen molar-refractivity contribution in [2.75, 3.05) is 19.8 Å². The van der Waals surface area contributed by atoms with Crippen LogP contribution in [0.2, 0.25) is 0 Å². The van der Waals surface area contributed by atoms with E-state index >= 15 is 0 Å². The van der Waals surface area contributed by atoms with Crippen LogP contribution in [-0.4, -0.2) is 45.3 Å². The van der Waals surface area contributed by atoms with Crippen LogP contribution < -0.4 is 9.47 Å². The van der Waals surface area contributed by atoms with E-state index in [4.69, 9.17) is 9.47 Å². The molecule has 2 heterocycles. The Hall–Kier alpha value is -3.35. The predicted octanol–water partition coefficient (Wildman–Crippen LogP) is 3.26. The van der Waals surface area contributed by atoms with Crippen molar-refractivity contribution in [3.8, 4) is 17.2 Å². The lowest BCUT2D eigenvalue weighted by Crippen LogP contribution is -2.36. The van der Waals surface area contributed by atoms with Gasteiger partial charge in [-0.2, -0.15) is 5.10 Å². The average Bonchev–Trinajstić information content (AvgIpc) is 3.29. The zero-order chi connectivity index (χ0) is 20.2. The number of nitrogens with zero attached hydrogens (tertiary/aromatic N) is 4. The topological polar surface area (TPSA) is 69.5 Å². The normalized spacial score (nSPS) is 13.1. The molecule has 0 unspecified atom stereocenters. The summed E-state index contributed by atoms with van der Waals surface area (Å²) in [4.78, 5) is 18.8. The smallest absolute Gasteiger partial charge is 0.254 e. The van der Waals surface area contributed by atoms with Gasteiger partial charge < -0.3 is 14.4 Å². The quantitative estimate of drug-likeness (QED) is 0.644. The Bertz CT molecular complexity index is 984. The van der Waals surface area contributed by atoms with Crippen LogP contribution in [0.5, 0.6) is 11.5 Å². The molecule has 7 heteroatoms. The van der Waals surface area contributed by atoms with Crippen molar-refractivity contribution in [2.24, 2.45) is 0 Å². The maximum absolute atomic E-state index is 13.0. The van der Waals surface area contributed by atoms with Crippen molar-refractivity contribution in [3.05, 3.63) is 65.7 Å². The van der Waals surface area contributed by atoms with E-state index in [-0.39, 0.29) is 5.91 Å². The maximum Gasteiger partial charge on any atom is 0.254 e. The van der Waals surface area contributed by atoms with Crippen molar-refractivity contribution < 1.29 is 14.3 Å². The Kier molecular flexibility index (Phi) is 5.46. The zero-order valence-electron chi connectivity index (χ0n) is 16.7. The zero-order valence-corrected chi connectivity index (χ0v) is 16.7. The van der Waals surface area contributed by atoms with Crippen LogP contribution in [0.3, 0.4) is 0 Å². The van der Waals surface area contributed by atoms with Crippen LogP contribution >= 0.6 is 0 Å². The van der Waals surface area contributed by atoms with E-state index in [1.54, 1.807) is 11.0 Å². The molecule has 7 nitrogen and oxygen atoms in total. The van der Waals surface area contributed by atoms with Crippen LogP contribution in [0.15, 0.2) is 49.1 Å². The lowest BCUT2D eigenvalue weighted by molar-refractivity contribution is 0.0734. The van der Waals surface area contributed by atoms with Gasteiger partial charge in [0.05, 0.1) is 18.9 Å². The van der Waals surface area contributed by atoms with Gasteiger partial charge in [0.25, 0.3) is 5.91 Å². The van der Waals surface area contributed by atoms with Gasteiger partial charge in [-0.3, -0.25) is 4.79 Å². The highest BCUT2D eigenvalue weighted by Crippen LogP contribution is 2.34. The molecule has 1 aliphatic rings. The van der Waals surface area contributed by atoms with Crippen molar-refractivity contribution in [1.82, 2.24) is 19.7 Å². The van der Waals surface area contributed by atoms with Crippen LogP contribution in [0, 0.1) is 0 Å². The second-order valence-electron chi connectivity index (χ2n) is 6.80. The highest BCUT2D eigenvalue weighted by molar-refractivity contribution is 5.94. The second kappa shape index (κ2) is 8.34. The maximum atomic E-state index is 13.0. The number of carbonyl (C=O) groups is 1. The summed E-state index contributed by atoms with van der Waals surface area (Å²) in [5.41, 5.74) is 3.85. The minimum atomic E-state index is 0.0210. The Morgan fingerprint density at radius 1 is 1.03 bits per heavy atom. The molecule has 2 aromatic carbocycles. The van der Waals surface area contributed by atoms with Crippen molar-refractivity contribution in [1.29, 1.82) is 0 Å². The van der Waals surface area contributed by atoms with E-state index in [9.17, 15) is 4.79 Å². The predicted molar refractivity (Wildman–Crippen MR) is 109 cm³/mol. The average molecular weight is 392 g/mol. The number of amides is 1. The van der Waals surface area contributed by atoms with E-state index in [0.717, 1.165) is 29.2 Å². The van der Waals surface area contributed by atoms with Gasteiger partial charge in [-0.15, -0.1) is 0 Å². The molecule has 0 radical (unpaired) electrons. The number of benzene rings is 2. The summed E-state index contributed by atoms with van der Waals surface area (Å²) in [5.74, 6) is 1.53. The first kappa shape index (κ1) is 19.0. The summed E-state index contributed by atoms with van der Waals surface area (Å²) in [6, 6.07) is 11.5. The number of carbonyl (C=O) groups excluding carboxylic acids is 1. The van der Waals surface area contributed by atoms with Gasteiger partial charge in [-0.25, -0.2) is 9.67 Å². The van der Waals surface area contributed by atoms with Gasteiger partial charge in [-0.05, 0) is 67.8 Å². The highest BCUT2D eigenvalue weighted by Gasteiger charge is 2.24. The number of hydrogen-bond donors (Lipinski definition) is 0. The fraction of sp³-hybridized carbons (Fsp3) is 0.318. The molecule has 1 amide bonds. The van der Waals surface area contributed by atoms with Crippen molar-refractivity contribution in [2.45, 2.75) is 26.8 Å². The number of aromatic nitrogens is 3. The van der Waals surface area contributed by atoms with Gasteiger partial charge in [0.1, 0.15) is 12.7 Å². The summed E-state index contributed by atoms with van der Waals surface area (Å²) in [6.45, 7) is 6.31. The largest absolute Gasteiger partial charge is 0.490 e. The summed E-state index contributed by atoms with van der Waals surface area (Å²) in [6.07, 6.45) is 3.91. The van der Waals surface area contributed by atoms with Crippen molar-refractivity contribution >= 4 is 5.91 Å². The number of hydrogen-bond acceptors (Lipinski definition) is 5. The van der Waals surface area contributed by atoms with E-state index in [1.807, 2.05) is 49.1 Å². The van der Waals surface area contributed by atoms with Crippen LogP contribution in [0.4, 0.5) is 0 Å². The fourth-order valence-electron chi connectivity index (χ4n) is 3.55. The van der Waals surface area contributed by atoms with E-state index in [1.165, 1.54) is 11.9 Å². The molecule has 0 spiro atoms. The molecule has 3 aromatic rings. The third-order valence-electron chi connectivity index (χ3n) is 4.96. The summed E-state index contributed by atoms with van der Waals surface area (Å²) >= 11 is 0. The third kappa shape index (κ3) is 3.94. The lowest BCUT2D eigenvalue weighted by Gasteiger charge is -2.30. The molecule has 0 bridgehead atoms. The molecule has 1 aromatic heterocycles. The molecular weight excluding hydrogens is 368 g/mol. The van der Waals surface area contributed by atoms with E-state index in [2.05, 4.69) is 16.1 Å². The Labute approximate surface area is 169 Å². The molecule has 0 aliphatic carbocycles. The lowest BCUT2D eigenvalue weighted by atomic mass is 9.98. The monoisotopic (exact) mass is 392 g/mol. The summed E-state index contributed by atoms with van der Waals surface area (Å²) in [7, 11) is 0. The Morgan fingerprint density at radius 2 is 1.72 bits per heavy atom. The minimum Gasteiger partial charge on any atom is -0.490 e. The molecule has 29 heavy (non-hydrogen) atoms. The molecule has 0 saturated heterocycles. The Morgan fingerprint density at radius 3 is 2.34 bits per heavy atom. The van der Waals surface area contributed by atoms with E-state index < -0.39 is 0 Å². The van der Waals surface area contributed by atoms with Gasteiger partial charge in [0.2, 0.25) is 0 Å². The van der Waals surface area contributed by atoms with Gasteiger partial charge >= 0.3 is 0 Å². The molecule has 150 valence electrons. The first-order chi connectivity index (χ1) is 14.2. The summed E-state index contributed by atoms with van der Waals surface area (Å²) < 4.78 is 13.1. The second-order valence-corrected chi connectivity index (χ2v) is 6.80. The van der Waals surface area contributed by atoms with Gasteiger partial charge in [0, 0.05) is 18.7 Å². The minimum absolute atomic E-state index is 0.0210. The van der Waals surface area contributed by atoms with Gasteiger partial charge in [-0.1, -0.05) is 0 Å². The molecule has 0 atom stereocenters. The Balaban J connectivity index is 1.53. The molecule has 4 rings (SSSR count). The molecular formula is C22H24N4O3. The third-order valence-corrected chi connectivity index (χ3v) is 4.96. The molecule has 1 aliphatic heterocycles. The number of fused-ring (bicyclic) bond motifs is 1. The first-order valence-corrected chi connectivity index (χ1v) is 9.85. The van der Waals surface area contributed by atoms with Crippen LogP contribution in [0.1, 0.15) is 35.3 Å². The molecule has 0 fully saturated rings. The summed E-state index contributed by atoms with van der Waals surface area (Å²) in [5, 5.41) is 4.11. The standard InChI is InChI=1S/C22H24N4O3/c1-3-28-20-11-17-9-10-25(13-18(17)12-21(20)29-4-2)22(27)16-5-7-19(8-6-16)26-15-23-14-24-26/h5-8,11-12,14-15H,3-4,9-10,13H2,1-2H3. The van der Waals surface area contributed by atoms with Gasteiger partial charge in [0.15, 0.2) is 11.5 Å². The fourth-order valence-corrected chi connectivity index (χ4v) is 3.55. The number of ether oxygens (including phenoxy) is 2. The molecule has 0 saturated carbocycles. The SMILES string of the molecule is CCOc1cc2c(cc1OCC)CN(C(=O)c1ccc(-n3cncn3)cc1)CC2. The van der Waals surface area contributed by atoms with E-state index in [0.29, 0.717) is 31.9 Å². The van der Waals surface area contributed by atoms with Crippen LogP contribution in [0.25, 0.3) is 5.69 Å². The van der Waals surface area contributed by atoms with Crippen LogP contribution in [-0.2, 0) is 13.0 Å². The van der Waals surface area contributed by atoms with Crippen molar-refractivity contribution in [3.63, 3.8) is 0 Å². The first-order valence-electron chi connectivity index (χ1n) is 9.85. The highest BCUT2D eigenvalue weighted by atomic mass is 16.5. The number of rotatable bonds is 6.